The molecule has 7 nitrogen and oxygen atoms in total. The van der Waals surface area contributed by atoms with E-state index in [0.29, 0.717) is 5.78 Å². The van der Waals surface area contributed by atoms with Crippen LogP contribution in [-0.2, 0) is 17.6 Å². The minimum atomic E-state index is -0.0433. The number of hydrogen-bond donors (Lipinski definition) is 2. The number of anilines is 1. The topological polar surface area (TPSA) is 98.2 Å². The Kier molecular flexibility index (Phi) is 4.03. The van der Waals surface area contributed by atoms with Crippen LogP contribution < -0.4 is 11.1 Å². The van der Waals surface area contributed by atoms with Crippen molar-refractivity contribution in [2.75, 3.05) is 5.73 Å². The zero-order valence-corrected chi connectivity index (χ0v) is 15.3. The van der Waals surface area contributed by atoms with Gasteiger partial charge in [-0.15, -0.1) is 5.10 Å². The molecule has 0 aliphatic heterocycles. The van der Waals surface area contributed by atoms with Gasteiger partial charge in [-0.25, -0.2) is 4.98 Å². The lowest BCUT2D eigenvalue weighted by atomic mass is 10.1. The van der Waals surface area contributed by atoms with Gasteiger partial charge in [-0.1, -0.05) is 17.7 Å². The van der Waals surface area contributed by atoms with Gasteiger partial charge >= 0.3 is 0 Å². The molecule has 1 amide bonds. The number of aromatic nitrogens is 4. The third kappa shape index (κ3) is 2.88. The van der Waals surface area contributed by atoms with Crippen molar-refractivity contribution in [2.24, 2.45) is 0 Å². The number of nitrogens with zero attached hydrogens (tertiary/aromatic N) is 4. The maximum atomic E-state index is 12.7. The summed E-state index contributed by atoms with van der Waals surface area (Å²) in [6, 6.07) is 5.86. The van der Waals surface area contributed by atoms with E-state index in [1.54, 1.807) is 4.52 Å². The minimum Gasteiger partial charge on any atom is -0.366 e. The summed E-state index contributed by atoms with van der Waals surface area (Å²) < 4.78 is 1.58. The second-order valence-corrected chi connectivity index (χ2v) is 7.06. The molecule has 1 unspecified atom stereocenters. The summed E-state index contributed by atoms with van der Waals surface area (Å²) in [4.78, 5) is 21.1. The molecule has 0 saturated carbocycles. The van der Waals surface area contributed by atoms with E-state index < -0.39 is 0 Å². The van der Waals surface area contributed by atoms with Crippen molar-refractivity contribution in [3.8, 4) is 0 Å². The van der Waals surface area contributed by atoms with E-state index in [-0.39, 0.29) is 24.3 Å². The molecular weight excluding hydrogens is 352 g/mol. The molecule has 1 atom stereocenters. The first-order valence-electron chi connectivity index (χ1n) is 8.48. The number of benzene rings is 1. The average molecular weight is 371 g/mol. The number of carbonyl (C=O) groups excluding carboxylic acids is 1. The number of nitrogen functional groups attached to an aromatic ring is 1. The maximum absolute atomic E-state index is 12.7. The fraction of sp³-hybridized carbons (Fsp3) is 0.333. The molecule has 0 fully saturated rings. The molecule has 1 aromatic carbocycles. The highest BCUT2D eigenvalue weighted by atomic mass is 35.5. The lowest BCUT2D eigenvalue weighted by Gasteiger charge is -2.16. The highest BCUT2D eigenvalue weighted by Gasteiger charge is 2.25. The molecule has 0 bridgehead atoms. The number of fused-ring (bicyclic) bond motifs is 2. The van der Waals surface area contributed by atoms with Crippen molar-refractivity contribution in [2.45, 2.75) is 39.2 Å². The smallest absolute Gasteiger partial charge is 0.254 e. The van der Waals surface area contributed by atoms with Gasteiger partial charge in [-0.05, 0) is 49.9 Å². The quantitative estimate of drug-likeness (QED) is 0.737. The Morgan fingerprint density at radius 2 is 2.19 bits per heavy atom. The standard InChI is InChI=1S/C18H19ClN6O/c1-9-14(10(2)25-18(21-9)23-17(20)24-25)8-16(26)22-15-6-3-11-7-12(19)4-5-13(11)15/h4-5,7,15H,3,6,8H2,1-2H3,(H2,20,24)(H,22,26). The fourth-order valence-electron chi connectivity index (χ4n) is 3.62. The first kappa shape index (κ1) is 16.8. The molecule has 3 N–H and O–H groups in total. The van der Waals surface area contributed by atoms with Gasteiger partial charge in [0.1, 0.15) is 0 Å². The molecule has 1 aliphatic carbocycles. The van der Waals surface area contributed by atoms with E-state index in [1.807, 2.05) is 32.0 Å². The van der Waals surface area contributed by atoms with Crippen LogP contribution in [0.25, 0.3) is 5.78 Å². The highest BCUT2D eigenvalue weighted by Crippen LogP contribution is 2.32. The van der Waals surface area contributed by atoms with Gasteiger partial charge in [-0.3, -0.25) is 4.79 Å². The second kappa shape index (κ2) is 6.25. The Hall–Kier alpha value is -2.67. The summed E-state index contributed by atoms with van der Waals surface area (Å²) in [5, 5.41) is 8.00. The van der Waals surface area contributed by atoms with Crippen molar-refractivity contribution in [3.63, 3.8) is 0 Å². The number of halogens is 1. The second-order valence-electron chi connectivity index (χ2n) is 6.62. The Balaban J connectivity index is 1.55. The summed E-state index contributed by atoms with van der Waals surface area (Å²) in [6.45, 7) is 3.76. The Bertz CT molecular complexity index is 1030. The average Bonchev–Trinajstić information content (AvgIpc) is 3.14. The van der Waals surface area contributed by atoms with Crippen LogP contribution in [0.4, 0.5) is 5.95 Å². The number of rotatable bonds is 3. The number of carbonyl (C=O) groups is 1. The van der Waals surface area contributed by atoms with Crippen LogP contribution in [0.5, 0.6) is 0 Å². The van der Waals surface area contributed by atoms with Crippen molar-refractivity contribution >= 4 is 29.2 Å². The van der Waals surface area contributed by atoms with E-state index in [4.69, 9.17) is 17.3 Å². The fourth-order valence-corrected chi connectivity index (χ4v) is 3.82. The van der Waals surface area contributed by atoms with Crippen LogP contribution in [0, 0.1) is 13.8 Å². The number of amides is 1. The lowest BCUT2D eigenvalue weighted by molar-refractivity contribution is -0.121. The Morgan fingerprint density at radius 3 is 3.00 bits per heavy atom. The van der Waals surface area contributed by atoms with Gasteiger partial charge in [0.25, 0.3) is 5.78 Å². The van der Waals surface area contributed by atoms with E-state index >= 15 is 0 Å². The van der Waals surface area contributed by atoms with E-state index in [9.17, 15) is 4.79 Å². The predicted octanol–water partition coefficient (Wildman–Crippen LogP) is 2.32. The first-order valence-corrected chi connectivity index (χ1v) is 8.86. The number of aryl methyl sites for hydroxylation is 3. The van der Waals surface area contributed by atoms with Crippen LogP contribution in [0.1, 0.15) is 40.5 Å². The lowest BCUT2D eigenvalue weighted by Crippen LogP contribution is -2.29. The van der Waals surface area contributed by atoms with Gasteiger partial charge in [-0.2, -0.15) is 9.50 Å². The summed E-state index contributed by atoms with van der Waals surface area (Å²) in [5.41, 5.74) is 10.4. The van der Waals surface area contributed by atoms with Crippen LogP contribution in [0.3, 0.4) is 0 Å². The molecule has 8 heteroatoms. The van der Waals surface area contributed by atoms with Crippen molar-refractivity contribution < 1.29 is 4.79 Å². The summed E-state index contributed by atoms with van der Waals surface area (Å²) >= 11 is 6.05. The Labute approximate surface area is 155 Å². The summed E-state index contributed by atoms with van der Waals surface area (Å²) in [6.07, 6.45) is 2.04. The van der Waals surface area contributed by atoms with Gasteiger partial charge in [0.2, 0.25) is 11.9 Å². The molecule has 0 saturated heterocycles. The van der Waals surface area contributed by atoms with Crippen molar-refractivity contribution in [1.82, 2.24) is 24.9 Å². The molecular formula is C18H19ClN6O. The predicted molar refractivity (Wildman–Crippen MR) is 99.0 cm³/mol. The van der Waals surface area contributed by atoms with E-state index in [0.717, 1.165) is 40.4 Å². The first-order chi connectivity index (χ1) is 12.4. The summed E-state index contributed by atoms with van der Waals surface area (Å²) in [5.74, 6) is 0.573. The summed E-state index contributed by atoms with van der Waals surface area (Å²) in [7, 11) is 0. The monoisotopic (exact) mass is 370 g/mol. The van der Waals surface area contributed by atoms with Crippen LogP contribution in [-0.4, -0.2) is 25.5 Å². The van der Waals surface area contributed by atoms with Gasteiger partial charge in [0.05, 0.1) is 12.5 Å². The van der Waals surface area contributed by atoms with Crippen molar-refractivity contribution in [3.05, 3.63) is 51.3 Å². The largest absolute Gasteiger partial charge is 0.366 e. The number of hydrogen-bond acceptors (Lipinski definition) is 5. The highest BCUT2D eigenvalue weighted by molar-refractivity contribution is 6.30. The van der Waals surface area contributed by atoms with E-state index in [2.05, 4.69) is 20.4 Å². The SMILES string of the molecule is Cc1nc2nc(N)nn2c(C)c1CC(=O)NC1CCc2cc(Cl)ccc21. The zero-order chi connectivity index (χ0) is 18.4. The maximum Gasteiger partial charge on any atom is 0.254 e. The van der Waals surface area contributed by atoms with E-state index in [1.165, 1.54) is 5.56 Å². The third-order valence-corrected chi connectivity index (χ3v) is 5.16. The van der Waals surface area contributed by atoms with Gasteiger partial charge < -0.3 is 11.1 Å². The van der Waals surface area contributed by atoms with Crippen LogP contribution in [0.15, 0.2) is 18.2 Å². The van der Waals surface area contributed by atoms with Crippen LogP contribution in [0.2, 0.25) is 5.02 Å². The molecule has 134 valence electrons. The number of nitrogens with two attached hydrogens (primary N) is 1. The normalized spacial score (nSPS) is 16.0. The molecule has 0 spiro atoms. The number of nitrogens with one attached hydrogen (secondary N) is 1. The molecule has 26 heavy (non-hydrogen) atoms. The van der Waals surface area contributed by atoms with Gasteiger partial charge in [0.15, 0.2) is 0 Å². The molecule has 0 radical (unpaired) electrons. The minimum absolute atomic E-state index is 0.0223. The van der Waals surface area contributed by atoms with Crippen molar-refractivity contribution in [1.29, 1.82) is 0 Å². The Morgan fingerprint density at radius 1 is 1.38 bits per heavy atom. The molecule has 1 aliphatic rings. The molecule has 3 aromatic rings. The van der Waals surface area contributed by atoms with Gasteiger partial charge in [0, 0.05) is 22.0 Å². The third-order valence-electron chi connectivity index (χ3n) is 4.92. The van der Waals surface area contributed by atoms with Crippen LogP contribution >= 0.6 is 11.6 Å². The molecule has 2 aromatic heterocycles. The molecule has 4 rings (SSSR count). The zero-order valence-electron chi connectivity index (χ0n) is 14.6. The molecule has 2 heterocycles.